The summed E-state index contributed by atoms with van der Waals surface area (Å²) >= 11 is 0. The summed E-state index contributed by atoms with van der Waals surface area (Å²) in [6, 6.07) is 3.93. The van der Waals surface area contributed by atoms with Crippen LogP contribution in [0.3, 0.4) is 0 Å². The molecule has 2 N–H and O–H groups in total. The average molecular weight is 291 g/mol. The molecular weight excluding hydrogens is 277 g/mol. The summed E-state index contributed by atoms with van der Waals surface area (Å²) in [5, 5.41) is 20.1. The van der Waals surface area contributed by atoms with E-state index in [1.807, 2.05) is 0 Å². The number of benzene rings is 1. The number of carbonyl (C=O) groups is 2. The Kier molecular flexibility index (Phi) is 4.38. The number of carboxylic acid groups (broad SMARTS) is 1. The first-order valence-electron chi connectivity index (χ1n) is 6.53. The van der Waals surface area contributed by atoms with Crippen LogP contribution in [0.4, 0.5) is 14.9 Å². The van der Waals surface area contributed by atoms with Crippen molar-refractivity contribution >= 4 is 17.7 Å². The number of carbonyl (C=O) groups excluding carboxylic acids is 1. The van der Waals surface area contributed by atoms with Crippen molar-refractivity contribution in [2.75, 3.05) is 11.9 Å². The number of nitrogens with one attached hydrogen (secondary N) is 1. The molecule has 1 aliphatic rings. The standard InChI is InChI=1S/C14H14FN3O3/c15-10-7-9(8-16)4-5-11(10)17-14(21)18-6-2-1-3-12(18)13(19)20/h4-5,7,12H,1-3,6H2,(H,17,21)(H,19,20). The SMILES string of the molecule is N#Cc1ccc(NC(=O)N2CCCCC2C(=O)O)c(F)c1. The third kappa shape index (κ3) is 3.28. The van der Waals surface area contributed by atoms with Gasteiger partial charge in [-0.3, -0.25) is 0 Å². The van der Waals surface area contributed by atoms with Crippen molar-refractivity contribution in [1.82, 2.24) is 4.90 Å². The van der Waals surface area contributed by atoms with Crippen molar-refractivity contribution in [3.63, 3.8) is 0 Å². The van der Waals surface area contributed by atoms with E-state index < -0.39 is 23.9 Å². The third-order valence-electron chi connectivity index (χ3n) is 3.39. The monoisotopic (exact) mass is 291 g/mol. The van der Waals surface area contributed by atoms with Crippen molar-refractivity contribution in [3.8, 4) is 6.07 Å². The first-order valence-corrected chi connectivity index (χ1v) is 6.53. The van der Waals surface area contributed by atoms with E-state index in [1.165, 1.54) is 17.0 Å². The fraction of sp³-hybridized carbons (Fsp3) is 0.357. The van der Waals surface area contributed by atoms with Crippen molar-refractivity contribution in [3.05, 3.63) is 29.6 Å². The Morgan fingerprint density at radius 3 is 2.81 bits per heavy atom. The molecule has 0 aromatic heterocycles. The maximum Gasteiger partial charge on any atom is 0.326 e. The molecule has 1 fully saturated rings. The molecule has 1 aromatic rings. The molecule has 21 heavy (non-hydrogen) atoms. The predicted molar refractivity (Wildman–Crippen MR) is 72.1 cm³/mol. The Labute approximate surface area is 120 Å². The van der Waals surface area contributed by atoms with Crippen molar-refractivity contribution in [2.24, 2.45) is 0 Å². The molecule has 1 aromatic carbocycles. The zero-order valence-electron chi connectivity index (χ0n) is 11.2. The lowest BCUT2D eigenvalue weighted by atomic mass is 10.0. The first kappa shape index (κ1) is 14.8. The molecule has 2 rings (SSSR count). The molecule has 7 heteroatoms. The number of rotatable bonds is 2. The van der Waals surface area contributed by atoms with Crippen molar-refractivity contribution in [2.45, 2.75) is 25.3 Å². The highest BCUT2D eigenvalue weighted by atomic mass is 19.1. The second-order valence-electron chi connectivity index (χ2n) is 4.78. The zero-order chi connectivity index (χ0) is 15.4. The molecular formula is C14H14FN3O3. The number of anilines is 1. The lowest BCUT2D eigenvalue weighted by molar-refractivity contribution is -0.143. The van der Waals surface area contributed by atoms with Crippen LogP contribution in [0, 0.1) is 17.1 Å². The Bertz CT molecular complexity index is 612. The number of nitriles is 1. The van der Waals surface area contributed by atoms with Crippen LogP contribution in [-0.2, 0) is 4.79 Å². The molecule has 110 valence electrons. The first-order chi connectivity index (χ1) is 10.0. The number of aliphatic carboxylic acids is 1. The number of urea groups is 1. The molecule has 0 bridgehead atoms. The van der Waals surface area contributed by atoms with Crippen molar-refractivity contribution < 1.29 is 19.1 Å². The van der Waals surface area contributed by atoms with Gasteiger partial charge >= 0.3 is 12.0 Å². The average Bonchev–Trinajstić information content (AvgIpc) is 2.49. The summed E-state index contributed by atoms with van der Waals surface area (Å²) in [6.45, 7) is 0.320. The minimum atomic E-state index is -1.06. The Morgan fingerprint density at radius 1 is 1.43 bits per heavy atom. The van der Waals surface area contributed by atoms with Gasteiger partial charge in [-0.15, -0.1) is 0 Å². The van der Waals surface area contributed by atoms with Gasteiger partial charge in [0, 0.05) is 6.54 Å². The minimum Gasteiger partial charge on any atom is -0.480 e. The Balaban J connectivity index is 2.13. The van der Waals surface area contributed by atoms with E-state index in [2.05, 4.69) is 5.32 Å². The molecule has 0 aliphatic carbocycles. The normalized spacial score (nSPS) is 17.9. The van der Waals surface area contributed by atoms with Crippen LogP contribution < -0.4 is 5.32 Å². The van der Waals surface area contributed by atoms with E-state index in [0.717, 1.165) is 12.5 Å². The molecule has 2 amide bonds. The lowest BCUT2D eigenvalue weighted by Crippen LogP contribution is -2.49. The zero-order valence-corrected chi connectivity index (χ0v) is 11.2. The number of halogens is 1. The second-order valence-corrected chi connectivity index (χ2v) is 4.78. The summed E-state index contributed by atoms with van der Waals surface area (Å²) in [6.07, 6.45) is 1.84. The van der Waals surface area contributed by atoms with E-state index in [0.29, 0.717) is 19.4 Å². The van der Waals surface area contributed by atoms with Gasteiger partial charge in [0.2, 0.25) is 0 Å². The van der Waals surface area contributed by atoms with Crippen LogP contribution in [0.25, 0.3) is 0 Å². The molecule has 6 nitrogen and oxygen atoms in total. The van der Waals surface area contributed by atoms with Gasteiger partial charge in [-0.1, -0.05) is 0 Å². The van der Waals surface area contributed by atoms with Crippen LogP contribution in [0.2, 0.25) is 0 Å². The summed E-state index contributed by atoms with van der Waals surface area (Å²) in [5.41, 5.74) is 0.0700. The highest BCUT2D eigenvalue weighted by molar-refractivity contribution is 5.92. The molecule has 1 heterocycles. The van der Waals surface area contributed by atoms with Crippen LogP contribution in [0.1, 0.15) is 24.8 Å². The molecule has 0 spiro atoms. The molecule has 1 aliphatic heterocycles. The summed E-state index contributed by atoms with van der Waals surface area (Å²) in [4.78, 5) is 24.4. The Morgan fingerprint density at radius 2 is 2.19 bits per heavy atom. The number of hydrogen-bond acceptors (Lipinski definition) is 3. The molecule has 1 saturated heterocycles. The van der Waals surface area contributed by atoms with Gasteiger partial charge in [0.15, 0.2) is 0 Å². The summed E-state index contributed by atoms with van der Waals surface area (Å²) in [5.74, 6) is -1.79. The maximum atomic E-state index is 13.7. The summed E-state index contributed by atoms with van der Waals surface area (Å²) in [7, 11) is 0. The molecule has 1 unspecified atom stereocenters. The van der Waals surface area contributed by atoms with Gasteiger partial charge in [0.05, 0.1) is 17.3 Å². The predicted octanol–water partition coefficient (Wildman–Crippen LogP) is 2.17. The lowest BCUT2D eigenvalue weighted by Gasteiger charge is -2.32. The Hall–Kier alpha value is -2.62. The summed E-state index contributed by atoms with van der Waals surface area (Å²) < 4.78 is 13.7. The second kappa shape index (κ2) is 6.22. The number of likely N-dealkylation sites (tertiary alicyclic amines) is 1. The largest absolute Gasteiger partial charge is 0.480 e. The number of piperidine rings is 1. The fourth-order valence-electron chi connectivity index (χ4n) is 2.30. The van der Waals surface area contributed by atoms with Crippen LogP contribution in [-0.4, -0.2) is 34.6 Å². The van der Waals surface area contributed by atoms with Gasteiger partial charge in [-0.2, -0.15) is 5.26 Å². The fourth-order valence-corrected chi connectivity index (χ4v) is 2.30. The maximum absolute atomic E-state index is 13.7. The van der Waals surface area contributed by atoms with E-state index >= 15 is 0 Å². The van der Waals surface area contributed by atoms with Gasteiger partial charge < -0.3 is 15.3 Å². The molecule has 1 atom stereocenters. The highest BCUT2D eigenvalue weighted by Gasteiger charge is 2.32. The highest BCUT2D eigenvalue weighted by Crippen LogP contribution is 2.20. The number of hydrogen-bond donors (Lipinski definition) is 2. The van der Waals surface area contributed by atoms with E-state index in [-0.39, 0.29) is 11.3 Å². The third-order valence-corrected chi connectivity index (χ3v) is 3.39. The molecule has 0 saturated carbocycles. The van der Waals surface area contributed by atoms with Crippen LogP contribution >= 0.6 is 0 Å². The van der Waals surface area contributed by atoms with E-state index in [1.54, 1.807) is 6.07 Å². The minimum absolute atomic E-state index is 0.0753. The number of nitrogens with zero attached hydrogens (tertiary/aromatic N) is 2. The quantitative estimate of drug-likeness (QED) is 0.873. The van der Waals surface area contributed by atoms with Crippen molar-refractivity contribution in [1.29, 1.82) is 5.26 Å². The smallest absolute Gasteiger partial charge is 0.326 e. The number of amides is 2. The van der Waals surface area contributed by atoms with Gasteiger partial charge in [-0.25, -0.2) is 14.0 Å². The van der Waals surface area contributed by atoms with E-state index in [9.17, 15) is 14.0 Å². The van der Waals surface area contributed by atoms with E-state index in [4.69, 9.17) is 10.4 Å². The topological polar surface area (TPSA) is 93.4 Å². The van der Waals surface area contributed by atoms with Crippen LogP contribution in [0.15, 0.2) is 18.2 Å². The van der Waals surface area contributed by atoms with Gasteiger partial charge in [0.25, 0.3) is 0 Å². The van der Waals surface area contributed by atoms with Gasteiger partial charge in [-0.05, 0) is 37.5 Å². The van der Waals surface area contributed by atoms with Gasteiger partial charge in [0.1, 0.15) is 11.9 Å². The van der Waals surface area contributed by atoms with Crippen LogP contribution in [0.5, 0.6) is 0 Å². The molecule has 0 radical (unpaired) electrons. The number of carboxylic acids is 1.